The van der Waals surface area contributed by atoms with Crippen molar-refractivity contribution in [1.82, 2.24) is 5.32 Å². The number of aliphatic hydroxyl groups is 1. The molecule has 1 aromatic rings. The standard InChI is InChI=1S/C11H17NO3/c1-12-7-11(13)8-4-9(14-2)6-10(5-8)15-3/h4-6,11-13H,7H2,1-3H3. The Morgan fingerprint density at radius 2 is 1.73 bits per heavy atom. The topological polar surface area (TPSA) is 50.7 Å². The second-order valence-corrected chi connectivity index (χ2v) is 3.22. The van der Waals surface area contributed by atoms with Crippen molar-refractivity contribution in [3.05, 3.63) is 23.8 Å². The molecule has 0 spiro atoms. The molecule has 0 aliphatic carbocycles. The van der Waals surface area contributed by atoms with Crippen LogP contribution in [0.15, 0.2) is 18.2 Å². The molecule has 4 heteroatoms. The van der Waals surface area contributed by atoms with E-state index >= 15 is 0 Å². The highest BCUT2D eigenvalue weighted by atomic mass is 16.5. The third-order valence-electron chi connectivity index (χ3n) is 2.16. The third kappa shape index (κ3) is 3.11. The van der Waals surface area contributed by atoms with Crippen molar-refractivity contribution in [3.8, 4) is 11.5 Å². The normalized spacial score (nSPS) is 12.3. The first-order valence-electron chi connectivity index (χ1n) is 4.77. The summed E-state index contributed by atoms with van der Waals surface area (Å²) in [5.74, 6) is 1.36. The van der Waals surface area contributed by atoms with Crippen molar-refractivity contribution in [2.24, 2.45) is 0 Å². The lowest BCUT2D eigenvalue weighted by atomic mass is 10.1. The van der Waals surface area contributed by atoms with Gasteiger partial charge in [0.05, 0.1) is 20.3 Å². The van der Waals surface area contributed by atoms with Gasteiger partial charge in [0, 0.05) is 12.6 Å². The summed E-state index contributed by atoms with van der Waals surface area (Å²) in [5, 5.41) is 12.7. The summed E-state index contributed by atoms with van der Waals surface area (Å²) >= 11 is 0. The van der Waals surface area contributed by atoms with E-state index in [1.54, 1.807) is 39.5 Å². The molecule has 0 saturated heterocycles. The average molecular weight is 211 g/mol. The third-order valence-corrected chi connectivity index (χ3v) is 2.16. The van der Waals surface area contributed by atoms with Crippen molar-refractivity contribution >= 4 is 0 Å². The van der Waals surface area contributed by atoms with Gasteiger partial charge in [-0.1, -0.05) is 0 Å². The smallest absolute Gasteiger partial charge is 0.122 e. The Kier molecular flexibility index (Phi) is 4.39. The monoisotopic (exact) mass is 211 g/mol. The van der Waals surface area contributed by atoms with Crippen LogP contribution < -0.4 is 14.8 Å². The molecule has 1 unspecified atom stereocenters. The second kappa shape index (κ2) is 5.58. The Labute approximate surface area is 89.8 Å². The average Bonchev–Trinajstić information content (AvgIpc) is 2.28. The van der Waals surface area contributed by atoms with Gasteiger partial charge in [-0.2, -0.15) is 0 Å². The molecule has 2 N–H and O–H groups in total. The maximum atomic E-state index is 9.79. The van der Waals surface area contributed by atoms with Crippen LogP contribution >= 0.6 is 0 Å². The highest BCUT2D eigenvalue weighted by Gasteiger charge is 2.09. The number of hydrogen-bond acceptors (Lipinski definition) is 4. The Morgan fingerprint density at radius 3 is 2.13 bits per heavy atom. The van der Waals surface area contributed by atoms with E-state index in [2.05, 4.69) is 5.32 Å². The van der Waals surface area contributed by atoms with Crippen LogP contribution in [0.3, 0.4) is 0 Å². The van der Waals surface area contributed by atoms with Crippen LogP contribution in [0.1, 0.15) is 11.7 Å². The first-order chi connectivity index (χ1) is 7.21. The molecule has 0 bridgehead atoms. The van der Waals surface area contributed by atoms with Gasteiger partial charge < -0.3 is 19.9 Å². The van der Waals surface area contributed by atoms with Crippen LogP contribution in [0.5, 0.6) is 11.5 Å². The lowest BCUT2D eigenvalue weighted by molar-refractivity contribution is 0.177. The molecule has 1 aromatic carbocycles. The van der Waals surface area contributed by atoms with Gasteiger partial charge in [-0.15, -0.1) is 0 Å². The summed E-state index contributed by atoms with van der Waals surface area (Å²) in [7, 11) is 4.96. The van der Waals surface area contributed by atoms with Gasteiger partial charge in [0.1, 0.15) is 11.5 Å². The Hall–Kier alpha value is -1.26. The SMILES string of the molecule is CNCC(O)c1cc(OC)cc(OC)c1. The summed E-state index contributed by atoms with van der Waals surface area (Å²) < 4.78 is 10.2. The molecule has 0 fully saturated rings. The zero-order chi connectivity index (χ0) is 11.3. The lowest BCUT2D eigenvalue weighted by Crippen LogP contribution is -2.16. The largest absolute Gasteiger partial charge is 0.497 e. The fraction of sp³-hybridized carbons (Fsp3) is 0.455. The first-order valence-corrected chi connectivity index (χ1v) is 4.77. The van der Waals surface area contributed by atoms with Gasteiger partial charge in [-0.25, -0.2) is 0 Å². The van der Waals surface area contributed by atoms with Gasteiger partial charge >= 0.3 is 0 Å². The van der Waals surface area contributed by atoms with Crippen LogP contribution in [-0.2, 0) is 0 Å². The van der Waals surface area contributed by atoms with Crippen LogP contribution in [0.4, 0.5) is 0 Å². The van der Waals surface area contributed by atoms with Crippen molar-refractivity contribution in [2.45, 2.75) is 6.10 Å². The Bertz CT molecular complexity index is 292. The minimum atomic E-state index is -0.556. The molecule has 0 aliphatic rings. The molecule has 0 saturated carbocycles. The highest BCUT2D eigenvalue weighted by molar-refractivity contribution is 5.39. The van der Waals surface area contributed by atoms with Gasteiger partial charge in [0.15, 0.2) is 0 Å². The molecular formula is C11H17NO3. The first kappa shape index (κ1) is 11.8. The van der Waals surface area contributed by atoms with Crippen LogP contribution in [-0.4, -0.2) is 32.9 Å². The Morgan fingerprint density at radius 1 is 1.20 bits per heavy atom. The van der Waals surface area contributed by atoms with E-state index < -0.39 is 6.10 Å². The number of benzene rings is 1. The highest BCUT2D eigenvalue weighted by Crippen LogP contribution is 2.25. The zero-order valence-electron chi connectivity index (χ0n) is 9.28. The number of methoxy groups -OCH3 is 2. The van der Waals surface area contributed by atoms with Crippen LogP contribution in [0.25, 0.3) is 0 Å². The van der Waals surface area contributed by atoms with E-state index in [1.807, 2.05) is 0 Å². The van der Waals surface area contributed by atoms with Crippen molar-refractivity contribution in [1.29, 1.82) is 0 Å². The molecule has 0 aromatic heterocycles. The lowest BCUT2D eigenvalue weighted by Gasteiger charge is -2.13. The minimum absolute atomic E-state index is 0.496. The fourth-order valence-corrected chi connectivity index (χ4v) is 1.33. The van der Waals surface area contributed by atoms with Gasteiger partial charge in [-0.05, 0) is 24.7 Å². The second-order valence-electron chi connectivity index (χ2n) is 3.22. The molecule has 4 nitrogen and oxygen atoms in total. The van der Waals surface area contributed by atoms with Gasteiger partial charge in [0.2, 0.25) is 0 Å². The minimum Gasteiger partial charge on any atom is -0.497 e. The van der Waals surface area contributed by atoms with Gasteiger partial charge in [-0.3, -0.25) is 0 Å². The zero-order valence-corrected chi connectivity index (χ0v) is 9.28. The number of nitrogens with one attached hydrogen (secondary N) is 1. The van der Waals surface area contributed by atoms with Crippen LogP contribution in [0.2, 0.25) is 0 Å². The predicted molar refractivity (Wildman–Crippen MR) is 58.4 cm³/mol. The summed E-state index contributed by atoms with van der Waals surface area (Å²) in [6.07, 6.45) is -0.556. The van der Waals surface area contributed by atoms with Crippen molar-refractivity contribution in [3.63, 3.8) is 0 Å². The predicted octanol–water partition coefficient (Wildman–Crippen LogP) is 0.957. The molecule has 1 atom stereocenters. The maximum Gasteiger partial charge on any atom is 0.122 e. The molecule has 0 amide bonds. The number of rotatable bonds is 5. The summed E-state index contributed by atoms with van der Waals surface area (Å²) in [5.41, 5.74) is 0.778. The molecule has 0 radical (unpaired) electrons. The fourth-order valence-electron chi connectivity index (χ4n) is 1.33. The summed E-state index contributed by atoms with van der Waals surface area (Å²) in [4.78, 5) is 0. The number of likely N-dealkylation sites (N-methyl/N-ethyl adjacent to an activating group) is 1. The molecular weight excluding hydrogens is 194 g/mol. The van der Waals surface area contributed by atoms with E-state index in [1.165, 1.54) is 0 Å². The van der Waals surface area contributed by atoms with E-state index in [9.17, 15) is 5.11 Å². The summed E-state index contributed by atoms with van der Waals surface area (Å²) in [6.45, 7) is 0.496. The molecule has 15 heavy (non-hydrogen) atoms. The van der Waals surface area contributed by atoms with Crippen LogP contribution in [0, 0.1) is 0 Å². The maximum absolute atomic E-state index is 9.79. The molecule has 0 heterocycles. The quantitative estimate of drug-likeness (QED) is 0.761. The Balaban J connectivity index is 2.95. The van der Waals surface area contributed by atoms with E-state index in [0.29, 0.717) is 18.0 Å². The summed E-state index contributed by atoms with van der Waals surface area (Å²) in [6, 6.07) is 5.37. The van der Waals surface area contributed by atoms with Crippen molar-refractivity contribution in [2.75, 3.05) is 27.8 Å². The van der Waals surface area contributed by atoms with E-state index in [0.717, 1.165) is 5.56 Å². The molecule has 1 rings (SSSR count). The van der Waals surface area contributed by atoms with Crippen molar-refractivity contribution < 1.29 is 14.6 Å². The van der Waals surface area contributed by atoms with E-state index in [-0.39, 0.29) is 0 Å². The van der Waals surface area contributed by atoms with Gasteiger partial charge in [0.25, 0.3) is 0 Å². The molecule has 0 aliphatic heterocycles. The van der Waals surface area contributed by atoms with E-state index in [4.69, 9.17) is 9.47 Å². The number of ether oxygens (including phenoxy) is 2. The molecule has 84 valence electrons. The number of hydrogen-bond donors (Lipinski definition) is 2. The number of aliphatic hydroxyl groups excluding tert-OH is 1.